The summed E-state index contributed by atoms with van der Waals surface area (Å²) < 4.78 is 36.1. The van der Waals surface area contributed by atoms with Gasteiger partial charge in [0.1, 0.15) is 0 Å². The lowest BCUT2D eigenvalue weighted by Gasteiger charge is -2.22. The molecule has 6 heteroatoms. The number of thioether (sulfide) groups is 1. The first-order valence-corrected chi connectivity index (χ1v) is 6.26. The minimum atomic E-state index is -4.12. The van der Waals surface area contributed by atoms with E-state index in [1.165, 1.54) is 4.90 Å². The first-order valence-electron chi connectivity index (χ1n) is 4.33. The van der Waals surface area contributed by atoms with Crippen LogP contribution in [0.3, 0.4) is 0 Å². The molecule has 0 aromatic carbocycles. The molecule has 0 aromatic rings. The molecule has 0 aliphatic heterocycles. The maximum Gasteiger partial charge on any atom is 0.401 e. The summed E-state index contributed by atoms with van der Waals surface area (Å²) in [5.74, 6) is 1.13. The molecule has 0 fully saturated rings. The Hall–Kier alpha value is 0.390. The predicted octanol–water partition coefficient (Wildman–Crippen LogP) is 2.84. The summed E-state index contributed by atoms with van der Waals surface area (Å²) in [7, 11) is 0. The smallest absolute Gasteiger partial charge is 0.294 e. The molecule has 0 unspecified atom stereocenters. The van der Waals surface area contributed by atoms with Crippen LogP contribution in [0.5, 0.6) is 0 Å². The van der Waals surface area contributed by atoms with Crippen LogP contribution in [0.2, 0.25) is 0 Å². The van der Waals surface area contributed by atoms with E-state index in [0.29, 0.717) is 13.1 Å². The average Bonchev–Trinajstić information content (AvgIpc) is 2.02. The highest BCUT2D eigenvalue weighted by atomic mass is 35.5. The Morgan fingerprint density at radius 1 is 1.29 bits per heavy atom. The minimum Gasteiger partial charge on any atom is -0.294 e. The topological polar surface area (TPSA) is 3.24 Å². The highest BCUT2D eigenvalue weighted by Crippen LogP contribution is 2.16. The van der Waals surface area contributed by atoms with Gasteiger partial charge in [-0.1, -0.05) is 0 Å². The van der Waals surface area contributed by atoms with E-state index >= 15 is 0 Å². The van der Waals surface area contributed by atoms with Gasteiger partial charge in [-0.3, -0.25) is 4.90 Å². The number of nitrogens with zero attached hydrogens (tertiary/aromatic N) is 1. The van der Waals surface area contributed by atoms with Crippen molar-refractivity contribution in [1.29, 1.82) is 0 Å². The van der Waals surface area contributed by atoms with Gasteiger partial charge in [-0.2, -0.15) is 24.9 Å². The van der Waals surface area contributed by atoms with Crippen LogP contribution in [0.4, 0.5) is 13.2 Å². The molecule has 0 bridgehead atoms. The summed E-state index contributed by atoms with van der Waals surface area (Å²) >= 11 is 7.06. The van der Waals surface area contributed by atoms with E-state index in [-0.39, 0.29) is 5.88 Å². The second-order valence-corrected chi connectivity index (χ2v) is 4.29. The molecule has 0 rings (SSSR count). The van der Waals surface area contributed by atoms with Crippen LogP contribution < -0.4 is 0 Å². The maximum atomic E-state index is 12.0. The normalized spacial score (nSPS) is 12.4. The SMILES string of the molecule is CSCCCN(CCCl)CC(F)(F)F. The van der Waals surface area contributed by atoms with Crippen molar-refractivity contribution < 1.29 is 13.2 Å². The van der Waals surface area contributed by atoms with Crippen LogP contribution in [0, 0.1) is 0 Å². The van der Waals surface area contributed by atoms with E-state index in [1.807, 2.05) is 6.26 Å². The predicted molar refractivity (Wildman–Crippen MR) is 56.2 cm³/mol. The van der Waals surface area contributed by atoms with Crippen LogP contribution in [0.25, 0.3) is 0 Å². The van der Waals surface area contributed by atoms with Crippen LogP contribution in [0.1, 0.15) is 6.42 Å². The molecular weight excluding hydrogens is 235 g/mol. The highest BCUT2D eigenvalue weighted by Gasteiger charge is 2.29. The zero-order valence-electron chi connectivity index (χ0n) is 8.11. The monoisotopic (exact) mass is 249 g/mol. The fraction of sp³-hybridized carbons (Fsp3) is 1.00. The Bertz CT molecular complexity index is 143. The van der Waals surface area contributed by atoms with Crippen LogP contribution in [0.15, 0.2) is 0 Å². The van der Waals surface area contributed by atoms with Crippen molar-refractivity contribution in [2.75, 3.05) is 37.5 Å². The fourth-order valence-electron chi connectivity index (χ4n) is 1.08. The third-order valence-electron chi connectivity index (χ3n) is 1.63. The van der Waals surface area contributed by atoms with Gasteiger partial charge in [0, 0.05) is 12.4 Å². The molecule has 0 radical (unpaired) electrons. The van der Waals surface area contributed by atoms with Crippen LogP contribution in [-0.2, 0) is 0 Å². The highest BCUT2D eigenvalue weighted by molar-refractivity contribution is 7.98. The first kappa shape index (κ1) is 14.4. The van der Waals surface area contributed by atoms with Crippen LogP contribution >= 0.6 is 23.4 Å². The summed E-state index contributed by atoms with van der Waals surface area (Å²) in [4.78, 5) is 1.35. The summed E-state index contributed by atoms with van der Waals surface area (Å²) in [5.41, 5.74) is 0. The summed E-state index contributed by atoms with van der Waals surface area (Å²) in [6.45, 7) is -0.0867. The molecule has 0 saturated heterocycles. The lowest BCUT2D eigenvalue weighted by Crippen LogP contribution is -2.36. The number of rotatable bonds is 7. The third kappa shape index (κ3) is 8.97. The molecule has 0 aliphatic carbocycles. The molecule has 0 aliphatic rings. The van der Waals surface area contributed by atoms with Gasteiger partial charge in [-0.05, 0) is 25.0 Å². The fourth-order valence-corrected chi connectivity index (χ4v) is 1.73. The number of hydrogen-bond acceptors (Lipinski definition) is 2. The van der Waals surface area contributed by atoms with Gasteiger partial charge in [0.15, 0.2) is 0 Å². The quantitative estimate of drug-likeness (QED) is 0.504. The Morgan fingerprint density at radius 2 is 1.93 bits per heavy atom. The molecule has 0 atom stereocenters. The van der Waals surface area contributed by atoms with Crippen molar-refractivity contribution in [3.63, 3.8) is 0 Å². The molecule has 0 spiro atoms. The number of alkyl halides is 4. The third-order valence-corrected chi connectivity index (χ3v) is 2.49. The Kier molecular flexibility index (Phi) is 7.86. The molecular formula is C8H15ClF3NS. The summed E-state index contributed by atoms with van der Waals surface area (Å²) in [6.07, 6.45) is -1.41. The van der Waals surface area contributed by atoms with Crippen molar-refractivity contribution in [3.05, 3.63) is 0 Å². The maximum absolute atomic E-state index is 12.0. The average molecular weight is 250 g/mol. The van der Waals surface area contributed by atoms with Gasteiger partial charge >= 0.3 is 6.18 Å². The van der Waals surface area contributed by atoms with Gasteiger partial charge in [-0.15, -0.1) is 11.6 Å². The molecule has 86 valence electrons. The van der Waals surface area contributed by atoms with Crippen molar-refractivity contribution in [2.45, 2.75) is 12.6 Å². The summed E-state index contributed by atoms with van der Waals surface area (Å²) in [6, 6.07) is 0. The first-order chi connectivity index (χ1) is 6.49. The van der Waals surface area contributed by atoms with Gasteiger partial charge in [0.05, 0.1) is 6.54 Å². The van der Waals surface area contributed by atoms with E-state index in [9.17, 15) is 13.2 Å². The summed E-state index contributed by atoms with van der Waals surface area (Å²) in [5, 5.41) is 0. The van der Waals surface area contributed by atoms with Gasteiger partial charge < -0.3 is 0 Å². The zero-order valence-corrected chi connectivity index (χ0v) is 9.68. The van der Waals surface area contributed by atoms with Crippen molar-refractivity contribution >= 4 is 23.4 Å². The lowest BCUT2D eigenvalue weighted by atomic mass is 10.4. The van der Waals surface area contributed by atoms with Crippen molar-refractivity contribution in [3.8, 4) is 0 Å². The second kappa shape index (κ2) is 7.65. The molecule has 0 amide bonds. The number of halogens is 4. The Morgan fingerprint density at radius 3 is 2.36 bits per heavy atom. The van der Waals surface area contributed by atoms with E-state index in [0.717, 1.165) is 12.2 Å². The van der Waals surface area contributed by atoms with Gasteiger partial charge in [0.2, 0.25) is 0 Å². The van der Waals surface area contributed by atoms with Crippen molar-refractivity contribution in [1.82, 2.24) is 4.90 Å². The van der Waals surface area contributed by atoms with Crippen molar-refractivity contribution in [2.24, 2.45) is 0 Å². The second-order valence-electron chi connectivity index (χ2n) is 2.93. The molecule has 14 heavy (non-hydrogen) atoms. The molecule has 0 saturated carbocycles. The van der Waals surface area contributed by atoms with Gasteiger partial charge in [-0.25, -0.2) is 0 Å². The largest absolute Gasteiger partial charge is 0.401 e. The Balaban J connectivity index is 3.77. The molecule has 1 nitrogen and oxygen atoms in total. The lowest BCUT2D eigenvalue weighted by molar-refractivity contribution is -0.145. The number of hydrogen-bond donors (Lipinski definition) is 0. The molecule has 0 N–H and O–H groups in total. The van der Waals surface area contributed by atoms with E-state index < -0.39 is 12.7 Å². The van der Waals surface area contributed by atoms with E-state index in [2.05, 4.69) is 0 Å². The van der Waals surface area contributed by atoms with Crippen LogP contribution in [-0.4, -0.2) is 48.6 Å². The standard InChI is InChI=1S/C8H15ClF3NS/c1-14-6-2-4-13(5-3-9)7-8(10,11)12/h2-7H2,1H3. The minimum absolute atomic E-state index is 0.245. The van der Waals surface area contributed by atoms with E-state index in [1.54, 1.807) is 11.8 Å². The van der Waals surface area contributed by atoms with E-state index in [4.69, 9.17) is 11.6 Å². The zero-order chi connectivity index (χ0) is 11.0. The Labute approximate surface area is 92.0 Å². The molecule has 0 aromatic heterocycles. The molecule has 0 heterocycles. The van der Waals surface area contributed by atoms with Gasteiger partial charge in [0.25, 0.3) is 0 Å².